The van der Waals surface area contributed by atoms with E-state index in [1.807, 2.05) is 0 Å². The van der Waals surface area contributed by atoms with Crippen LogP contribution in [0.2, 0.25) is 0 Å². The van der Waals surface area contributed by atoms with Crippen LogP contribution in [0, 0.1) is 5.92 Å². The van der Waals surface area contributed by atoms with Crippen LogP contribution in [0.5, 0.6) is 0 Å². The second-order valence-electron chi connectivity index (χ2n) is 4.99. The molecule has 0 radical (unpaired) electrons. The molecule has 0 aromatic carbocycles. The molecule has 0 heterocycles. The molecule has 0 spiro atoms. The molecule has 0 nitrogen and oxygen atoms in total. The zero-order valence-electron chi connectivity index (χ0n) is 11.1. The largest absolute Gasteiger partial charge is 0.0654 e. The monoisotopic (exact) mass is 206 g/mol. The first-order chi connectivity index (χ1) is 7.09. The van der Waals surface area contributed by atoms with Crippen LogP contribution in [0.3, 0.4) is 0 Å². The lowest BCUT2D eigenvalue weighted by molar-refractivity contribution is 0.635. The predicted octanol–water partition coefficient (Wildman–Crippen LogP) is 5.26. The van der Waals surface area contributed by atoms with Gasteiger partial charge in [0.05, 0.1) is 0 Å². The van der Waals surface area contributed by atoms with Gasteiger partial charge in [0.25, 0.3) is 0 Å². The molecule has 0 saturated heterocycles. The van der Waals surface area contributed by atoms with Gasteiger partial charge in [0.15, 0.2) is 0 Å². The van der Waals surface area contributed by atoms with Gasteiger partial charge in [-0.05, 0) is 50.7 Å². The standard InChI is InChI=1S/C15H26/c1-6-7-8-9-10-15-13(4)11(2)12(3)14(15)5/h13H,6-10H2,1-5H3. The fourth-order valence-electron chi connectivity index (χ4n) is 2.59. The summed E-state index contributed by atoms with van der Waals surface area (Å²) in [7, 11) is 0. The minimum atomic E-state index is 0.714. The Labute approximate surface area is 95.5 Å². The number of hydrogen-bond acceptors (Lipinski definition) is 0. The Balaban J connectivity index is 2.50. The van der Waals surface area contributed by atoms with Crippen molar-refractivity contribution in [2.24, 2.45) is 5.92 Å². The highest BCUT2D eigenvalue weighted by molar-refractivity contribution is 5.46. The third-order valence-electron chi connectivity index (χ3n) is 4.11. The van der Waals surface area contributed by atoms with Gasteiger partial charge in [0.2, 0.25) is 0 Å². The predicted molar refractivity (Wildman–Crippen MR) is 69.0 cm³/mol. The maximum absolute atomic E-state index is 2.37. The average Bonchev–Trinajstić information content (AvgIpc) is 2.41. The molecule has 1 rings (SSSR count). The summed E-state index contributed by atoms with van der Waals surface area (Å²) >= 11 is 0. The lowest BCUT2D eigenvalue weighted by Gasteiger charge is -2.12. The van der Waals surface area contributed by atoms with E-state index in [1.54, 1.807) is 22.3 Å². The van der Waals surface area contributed by atoms with Gasteiger partial charge in [-0.15, -0.1) is 0 Å². The van der Waals surface area contributed by atoms with E-state index in [1.165, 1.54) is 32.1 Å². The summed E-state index contributed by atoms with van der Waals surface area (Å²) in [6.07, 6.45) is 6.83. The maximum Gasteiger partial charge on any atom is -0.00126 e. The quantitative estimate of drug-likeness (QED) is 0.538. The molecule has 1 aliphatic carbocycles. The highest BCUT2D eigenvalue weighted by Crippen LogP contribution is 2.38. The Bertz CT molecular complexity index is 278. The van der Waals surface area contributed by atoms with Gasteiger partial charge < -0.3 is 0 Å². The van der Waals surface area contributed by atoms with Crippen molar-refractivity contribution in [1.82, 2.24) is 0 Å². The highest BCUT2D eigenvalue weighted by Gasteiger charge is 2.22. The highest BCUT2D eigenvalue weighted by atomic mass is 14.3. The lowest BCUT2D eigenvalue weighted by Crippen LogP contribution is -1.97. The molecule has 1 aliphatic rings. The van der Waals surface area contributed by atoms with Crippen LogP contribution in [-0.2, 0) is 0 Å². The molecule has 0 saturated carbocycles. The second-order valence-corrected chi connectivity index (χ2v) is 4.99. The maximum atomic E-state index is 2.37. The molecule has 0 fully saturated rings. The molecule has 1 atom stereocenters. The summed E-state index contributed by atoms with van der Waals surface area (Å²) in [5.74, 6) is 0.714. The topological polar surface area (TPSA) is 0 Å². The SMILES string of the molecule is CCCCCCC1=C(C)C(C)=C(C)C1C. The van der Waals surface area contributed by atoms with Gasteiger partial charge in [-0.25, -0.2) is 0 Å². The molecule has 0 heteroatoms. The molecule has 0 aliphatic heterocycles. The summed E-state index contributed by atoms with van der Waals surface area (Å²) in [4.78, 5) is 0. The van der Waals surface area contributed by atoms with Crippen molar-refractivity contribution in [3.63, 3.8) is 0 Å². The lowest BCUT2D eigenvalue weighted by atomic mass is 9.93. The van der Waals surface area contributed by atoms with Crippen molar-refractivity contribution < 1.29 is 0 Å². The van der Waals surface area contributed by atoms with Crippen LogP contribution in [-0.4, -0.2) is 0 Å². The fraction of sp³-hybridized carbons (Fsp3) is 0.733. The molecular weight excluding hydrogens is 180 g/mol. The van der Waals surface area contributed by atoms with Gasteiger partial charge in [0.1, 0.15) is 0 Å². The summed E-state index contributed by atoms with van der Waals surface area (Å²) in [5.41, 5.74) is 6.43. The van der Waals surface area contributed by atoms with E-state index < -0.39 is 0 Å². The van der Waals surface area contributed by atoms with Crippen LogP contribution in [0.1, 0.15) is 66.7 Å². The van der Waals surface area contributed by atoms with Crippen molar-refractivity contribution in [3.8, 4) is 0 Å². The molecule has 15 heavy (non-hydrogen) atoms. The van der Waals surface area contributed by atoms with Gasteiger partial charge in [-0.1, -0.05) is 44.3 Å². The Hall–Kier alpha value is -0.520. The van der Waals surface area contributed by atoms with E-state index in [4.69, 9.17) is 0 Å². The summed E-state index contributed by atoms with van der Waals surface area (Å²) < 4.78 is 0. The number of allylic oxidation sites excluding steroid dienone is 4. The summed E-state index contributed by atoms with van der Waals surface area (Å²) in [5, 5.41) is 0. The Morgan fingerprint density at radius 3 is 2.07 bits per heavy atom. The van der Waals surface area contributed by atoms with Gasteiger partial charge >= 0.3 is 0 Å². The van der Waals surface area contributed by atoms with Crippen molar-refractivity contribution in [1.29, 1.82) is 0 Å². The first kappa shape index (κ1) is 12.5. The Morgan fingerprint density at radius 2 is 1.60 bits per heavy atom. The third-order valence-corrected chi connectivity index (χ3v) is 4.11. The minimum Gasteiger partial charge on any atom is -0.0654 e. The van der Waals surface area contributed by atoms with E-state index in [2.05, 4.69) is 34.6 Å². The first-order valence-electron chi connectivity index (χ1n) is 6.47. The van der Waals surface area contributed by atoms with E-state index >= 15 is 0 Å². The minimum absolute atomic E-state index is 0.714. The second kappa shape index (κ2) is 5.53. The van der Waals surface area contributed by atoms with Gasteiger partial charge in [-0.2, -0.15) is 0 Å². The van der Waals surface area contributed by atoms with Crippen molar-refractivity contribution in [3.05, 3.63) is 22.3 Å². The Morgan fingerprint density at radius 1 is 0.933 bits per heavy atom. The van der Waals surface area contributed by atoms with E-state index in [0.717, 1.165) is 0 Å². The van der Waals surface area contributed by atoms with E-state index in [9.17, 15) is 0 Å². The zero-order valence-corrected chi connectivity index (χ0v) is 11.1. The number of hydrogen-bond donors (Lipinski definition) is 0. The van der Waals surface area contributed by atoms with Crippen LogP contribution < -0.4 is 0 Å². The van der Waals surface area contributed by atoms with Gasteiger partial charge in [-0.3, -0.25) is 0 Å². The number of unbranched alkanes of at least 4 members (excludes halogenated alkanes) is 3. The van der Waals surface area contributed by atoms with Crippen LogP contribution in [0.4, 0.5) is 0 Å². The molecule has 0 amide bonds. The fourth-order valence-corrected chi connectivity index (χ4v) is 2.59. The Kier molecular flexibility index (Phi) is 4.63. The molecule has 1 unspecified atom stereocenters. The molecule has 0 aromatic rings. The van der Waals surface area contributed by atoms with Crippen LogP contribution in [0.25, 0.3) is 0 Å². The summed E-state index contributed by atoms with van der Waals surface area (Å²) in [6.45, 7) is 11.5. The van der Waals surface area contributed by atoms with Crippen molar-refractivity contribution in [2.75, 3.05) is 0 Å². The molecule has 0 bridgehead atoms. The smallest absolute Gasteiger partial charge is 0.00126 e. The summed E-state index contributed by atoms with van der Waals surface area (Å²) in [6, 6.07) is 0. The molecule has 86 valence electrons. The van der Waals surface area contributed by atoms with E-state index in [0.29, 0.717) is 5.92 Å². The van der Waals surface area contributed by atoms with Crippen molar-refractivity contribution in [2.45, 2.75) is 66.7 Å². The normalized spacial score (nSPS) is 21.8. The third kappa shape index (κ3) is 2.74. The molecular formula is C15H26. The van der Waals surface area contributed by atoms with Crippen LogP contribution >= 0.6 is 0 Å². The average molecular weight is 206 g/mol. The molecule has 0 aromatic heterocycles. The van der Waals surface area contributed by atoms with Crippen molar-refractivity contribution >= 4 is 0 Å². The first-order valence-corrected chi connectivity index (χ1v) is 6.47. The van der Waals surface area contributed by atoms with Crippen LogP contribution in [0.15, 0.2) is 22.3 Å². The molecule has 0 N–H and O–H groups in total. The van der Waals surface area contributed by atoms with E-state index in [-0.39, 0.29) is 0 Å². The van der Waals surface area contributed by atoms with Gasteiger partial charge in [0, 0.05) is 0 Å². The number of rotatable bonds is 5. The zero-order chi connectivity index (χ0) is 11.4.